The highest BCUT2D eigenvalue weighted by atomic mass is 16.3. The predicted octanol–water partition coefficient (Wildman–Crippen LogP) is 1.95. The molecule has 3 heterocycles. The van der Waals surface area contributed by atoms with Gasteiger partial charge in [0.15, 0.2) is 0 Å². The number of hydrogen-bond acceptors (Lipinski definition) is 5. The van der Waals surface area contributed by atoms with Gasteiger partial charge in [-0.2, -0.15) is 0 Å². The Balaban J connectivity index is 1.54. The number of rotatable bonds is 2. The van der Waals surface area contributed by atoms with Crippen LogP contribution >= 0.6 is 0 Å². The minimum Gasteiger partial charge on any atom is -0.389 e. The second-order valence-electron chi connectivity index (χ2n) is 6.47. The van der Waals surface area contributed by atoms with E-state index in [0.29, 0.717) is 31.9 Å². The zero-order chi connectivity index (χ0) is 17.9. The Kier molecular flexibility index (Phi) is 4.50. The van der Waals surface area contributed by atoms with Crippen LogP contribution in [-0.4, -0.2) is 58.2 Å². The van der Waals surface area contributed by atoms with Crippen LogP contribution in [0.5, 0.6) is 0 Å². The summed E-state index contributed by atoms with van der Waals surface area (Å²) in [6, 6.07) is 13.5. The van der Waals surface area contributed by atoms with Crippen molar-refractivity contribution in [3.05, 3.63) is 66.7 Å². The molecule has 0 bridgehead atoms. The Morgan fingerprint density at radius 3 is 2.62 bits per heavy atom. The number of amides is 1. The number of anilines is 1. The Morgan fingerprint density at radius 1 is 1.04 bits per heavy atom. The number of carbonyl (C=O) groups excluding carboxylic acids is 1. The van der Waals surface area contributed by atoms with Gasteiger partial charge < -0.3 is 14.9 Å². The van der Waals surface area contributed by atoms with Gasteiger partial charge >= 0.3 is 0 Å². The molecule has 0 spiro atoms. The molecule has 1 N–H and O–H groups in total. The highest BCUT2D eigenvalue weighted by molar-refractivity contribution is 5.96. The van der Waals surface area contributed by atoms with Crippen molar-refractivity contribution in [1.29, 1.82) is 0 Å². The van der Waals surface area contributed by atoms with Gasteiger partial charge in [-0.3, -0.25) is 14.8 Å². The minimum absolute atomic E-state index is 0.147. The molecule has 0 saturated carbocycles. The van der Waals surface area contributed by atoms with Crippen LogP contribution in [0.15, 0.2) is 61.1 Å². The maximum absolute atomic E-state index is 12.9. The normalized spacial score (nSPS) is 18.0. The lowest BCUT2D eigenvalue weighted by Crippen LogP contribution is -2.38. The van der Waals surface area contributed by atoms with E-state index in [9.17, 15) is 9.90 Å². The van der Waals surface area contributed by atoms with Crippen molar-refractivity contribution in [1.82, 2.24) is 14.9 Å². The molecule has 1 fully saturated rings. The maximum atomic E-state index is 12.9. The molecular weight excluding hydrogens is 328 g/mol. The van der Waals surface area contributed by atoms with E-state index < -0.39 is 6.10 Å². The van der Waals surface area contributed by atoms with Crippen LogP contribution in [0.2, 0.25) is 0 Å². The molecule has 132 valence electrons. The summed E-state index contributed by atoms with van der Waals surface area (Å²) in [5.41, 5.74) is 1.41. The summed E-state index contributed by atoms with van der Waals surface area (Å²) in [7, 11) is 0. The third-order valence-corrected chi connectivity index (χ3v) is 4.67. The number of aromatic nitrogens is 2. The summed E-state index contributed by atoms with van der Waals surface area (Å²) in [5, 5.41) is 12.4. The van der Waals surface area contributed by atoms with Crippen LogP contribution in [0.3, 0.4) is 0 Å². The third kappa shape index (κ3) is 3.36. The molecule has 2 aromatic heterocycles. The molecule has 6 nitrogen and oxygen atoms in total. The number of fused-ring (bicyclic) bond motifs is 1. The average Bonchev–Trinajstić information content (AvgIpc) is 2.89. The van der Waals surface area contributed by atoms with Crippen molar-refractivity contribution in [2.75, 3.05) is 31.1 Å². The molecule has 0 unspecified atom stereocenters. The van der Waals surface area contributed by atoms with Gasteiger partial charge in [0.05, 0.1) is 6.10 Å². The Hall–Kier alpha value is -2.99. The molecule has 1 aliphatic rings. The standard InChI is InChI=1S/C20H20N4O2/c25-18-13-23(17-5-7-21-8-6-17)9-10-24(14-18)20(26)19-11-15-3-1-2-4-16(15)12-22-19/h1-8,11-12,18,25H,9-10,13-14H2/t18-/m1/s1. The first-order valence-corrected chi connectivity index (χ1v) is 8.68. The van der Waals surface area contributed by atoms with E-state index in [1.165, 1.54) is 0 Å². The first kappa shape index (κ1) is 16.5. The zero-order valence-corrected chi connectivity index (χ0v) is 14.3. The smallest absolute Gasteiger partial charge is 0.272 e. The summed E-state index contributed by atoms with van der Waals surface area (Å²) in [5.74, 6) is -0.147. The van der Waals surface area contributed by atoms with Gasteiger partial charge in [-0.25, -0.2) is 0 Å². The van der Waals surface area contributed by atoms with E-state index in [2.05, 4.69) is 14.9 Å². The second-order valence-corrected chi connectivity index (χ2v) is 6.47. The van der Waals surface area contributed by atoms with Crippen molar-refractivity contribution >= 4 is 22.4 Å². The Labute approximate surface area is 151 Å². The molecule has 26 heavy (non-hydrogen) atoms. The fraction of sp³-hybridized carbons (Fsp3) is 0.250. The first-order valence-electron chi connectivity index (χ1n) is 8.68. The van der Waals surface area contributed by atoms with Gasteiger partial charge in [0.25, 0.3) is 5.91 Å². The van der Waals surface area contributed by atoms with Gasteiger partial charge in [0, 0.05) is 55.8 Å². The zero-order valence-electron chi connectivity index (χ0n) is 14.3. The van der Waals surface area contributed by atoms with Crippen LogP contribution in [0.4, 0.5) is 5.69 Å². The number of aliphatic hydroxyl groups excluding tert-OH is 1. The number of carbonyl (C=O) groups is 1. The number of nitrogens with zero attached hydrogens (tertiary/aromatic N) is 4. The van der Waals surface area contributed by atoms with Crippen LogP contribution in [-0.2, 0) is 0 Å². The quantitative estimate of drug-likeness (QED) is 0.767. The molecule has 1 atom stereocenters. The Morgan fingerprint density at radius 2 is 1.81 bits per heavy atom. The minimum atomic E-state index is -0.616. The first-order chi connectivity index (χ1) is 12.7. The molecule has 1 aliphatic heterocycles. The van der Waals surface area contributed by atoms with Crippen molar-refractivity contribution in [2.24, 2.45) is 0 Å². The molecule has 6 heteroatoms. The number of benzene rings is 1. The van der Waals surface area contributed by atoms with E-state index in [-0.39, 0.29) is 5.91 Å². The second kappa shape index (κ2) is 7.09. The highest BCUT2D eigenvalue weighted by Gasteiger charge is 2.26. The number of β-amino-alcohol motifs (C(OH)–C–C–N with tert-alkyl or cyclic N) is 1. The van der Waals surface area contributed by atoms with E-state index in [1.807, 2.05) is 42.5 Å². The molecule has 1 aromatic carbocycles. The lowest BCUT2D eigenvalue weighted by atomic mass is 10.1. The lowest BCUT2D eigenvalue weighted by Gasteiger charge is -2.23. The molecule has 0 radical (unpaired) electrons. The summed E-state index contributed by atoms with van der Waals surface area (Å²) >= 11 is 0. The van der Waals surface area contributed by atoms with Crippen molar-refractivity contribution < 1.29 is 9.90 Å². The molecule has 1 amide bonds. The van der Waals surface area contributed by atoms with Gasteiger partial charge in [0.1, 0.15) is 5.69 Å². The summed E-state index contributed by atoms with van der Waals surface area (Å²) in [4.78, 5) is 25.0. The monoisotopic (exact) mass is 348 g/mol. The van der Waals surface area contributed by atoms with Crippen molar-refractivity contribution in [3.8, 4) is 0 Å². The van der Waals surface area contributed by atoms with Crippen LogP contribution in [0.1, 0.15) is 10.5 Å². The average molecular weight is 348 g/mol. The lowest BCUT2D eigenvalue weighted by molar-refractivity contribution is 0.0668. The Bertz CT molecular complexity index is 916. The fourth-order valence-electron chi connectivity index (χ4n) is 3.33. The molecular formula is C20H20N4O2. The molecule has 4 rings (SSSR count). The largest absolute Gasteiger partial charge is 0.389 e. The SMILES string of the molecule is O=C(c1cc2ccccc2cn1)N1CCN(c2ccncc2)C[C@@H](O)C1. The van der Waals surface area contributed by atoms with Crippen molar-refractivity contribution in [2.45, 2.75) is 6.10 Å². The summed E-state index contributed by atoms with van der Waals surface area (Å²) in [6.45, 7) is 1.97. The predicted molar refractivity (Wildman–Crippen MR) is 100 cm³/mol. The van der Waals surface area contributed by atoms with Gasteiger partial charge in [-0.15, -0.1) is 0 Å². The maximum Gasteiger partial charge on any atom is 0.272 e. The number of aliphatic hydroxyl groups is 1. The fourth-order valence-corrected chi connectivity index (χ4v) is 3.33. The highest BCUT2D eigenvalue weighted by Crippen LogP contribution is 2.18. The van der Waals surface area contributed by atoms with Gasteiger partial charge in [-0.05, 0) is 23.6 Å². The van der Waals surface area contributed by atoms with Gasteiger partial charge in [0.2, 0.25) is 0 Å². The number of hydrogen-bond donors (Lipinski definition) is 1. The van der Waals surface area contributed by atoms with Crippen LogP contribution in [0, 0.1) is 0 Å². The van der Waals surface area contributed by atoms with E-state index in [1.54, 1.807) is 23.5 Å². The molecule has 1 saturated heterocycles. The van der Waals surface area contributed by atoms with E-state index >= 15 is 0 Å². The molecule has 3 aromatic rings. The summed E-state index contributed by atoms with van der Waals surface area (Å²) in [6.07, 6.45) is 4.57. The van der Waals surface area contributed by atoms with Gasteiger partial charge in [-0.1, -0.05) is 24.3 Å². The van der Waals surface area contributed by atoms with E-state index in [4.69, 9.17) is 0 Å². The van der Waals surface area contributed by atoms with Crippen LogP contribution < -0.4 is 4.90 Å². The van der Waals surface area contributed by atoms with Crippen molar-refractivity contribution in [3.63, 3.8) is 0 Å². The topological polar surface area (TPSA) is 69.6 Å². The summed E-state index contributed by atoms with van der Waals surface area (Å²) < 4.78 is 0. The number of pyridine rings is 2. The third-order valence-electron chi connectivity index (χ3n) is 4.67. The van der Waals surface area contributed by atoms with E-state index in [0.717, 1.165) is 16.5 Å². The van der Waals surface area contributed by atoms with Crippen LogP contribution in [0.25, 0.3) is 10.8 Å². The molecule has 0 aliphatic carbocycles.